The summed E-state index contributed by atoms with van der Waals surface area (Å²) in [6.45, 7) is 1.91. The number of carbonyl (C=O) groups is 1. The topological polar surface area (TPSA) is 93.7 Å². The van der Waals surface area contributed by atoms with E-state index >= 15 is 0 Å². The fourth-order valence-electron chi connectivity index (χ4n) is 4.47. The van der Waals surface area contributed by atoms with E-state index in [-0.39, 0.29) is 18.8 Å². The Morgan fingerprint density at radius 2 is 1.82 bits per heavy atom. The van der Waals surface area contributed by atoms with Crippen LogP contribution in [0.2, 0.25) is 0 Å². The molecule has 1 aliphatic rings. The summed E-state index contributed by atoms with van der Waals surface area (Å²) in [4.78, 5) is 33.9. The zero-order chi connectivity index (χ0) is 28.1. The molecule has 0 radical (unpaired) electrons. The average molecular weight is 568 g/mol. The van der Waals surface area contributed by atoms with Crippen LogP contribution >= 0.6 is 23.1 Å². The molecule has 4 aromatic rings. The number of thioether (sulfide) groups is 1. The van der Waals surface area contributed by atoms with Crippen molar-refractivity contribution in [3.05, 3.63) is 121 Å². The molecule has 0 spiro atoms. The lowest BCUT2D eigenvalue weighted by Gasteiger charge is -2.26. The Kier molecular flexibility index (Phi) is 8.29. The maximum absolute atomic E-state index is 13.9. The summed E-state index contributed by atoms with van der Waals surface area (Å²) in [7, 11) is 0. The van der Waals surface area contributed by atoms with Gasteiger partial charge in [-0.2, -0.15) is 5.26 Å². The van der Waals surface area contributed by atoms with E-state index in [9.17, 15) is 9.59 Å². The van der Waals surface area contributed by atoms with Gasteiger partial charge in [0.25, 0.3) is 5.56 Å². The second-order valence-electron chi connectivity index (χ2n) is 8.72. The molecule has 3 aromatic carbocycles. The highest BCUT2D eigenvalue weighted by molar-refractivity contribution is 7.98. The van der Waals surface area contributed by atoms with Crippen molar-refractivity contribution in [1.82, 2.24) is 4.57 Å². The van der Waals surface area contributed by atoms with Crippen molar-refractivity contribution in [2.24, 2.45) is 4.99 Å². The average Bonchev–Trinajstić information content (AvgIpc) is 3.30. The van der Waals surface area contributed by atoms with Gasteiger partial charge in [-0.15, -0.1) is 11.8 Å². The molecule has 1 atom stereocenters. The number of aromatic nitrogens is 1. The summed E-state index contributed by atoms with van der Waals surface area (Å²) >= 11 is 2.89. The SMILES string of the molecule is CCOC(=O)C1=C(c2ccccc2)N=c2s/c(=C/c3ccc(OCC#N)cc3)c(=O)n2C1c1ccc(SC)cc1. The number of hydrogen-bond donors (Lipinski definition) is 0. The first-order chi connectivity index (χ1) is 19.5. The molecule has 7 nitrogen and oxygen atoms in total. The summed E-state index contributed by atoms with van der Waals surface area (Å²) in [5.74, 6) is 0.0618. The Hall–Kier alpha value is -4.39. The minimum Gasteiger partial charge on any atom is -0.479 e. The molecule has 0 saturated carbocycles. The molecule has 0 amide bonds. The van der Waals surface area contributed by atoms with Gasteiger partial charge in [-0.05, 0) is 54.6 Å². The molecule has 9 heteroatoms. The normalized spacial score (nSPS) is 14.7. The summed E-state index contributed by atoms with van der Waals surface area (Å²) in [6, 6.07) is 25.7. The Bertz CT molecular complexity index is 1780. The molecule has 1 aromatic heterocycles. The highest BCUT2D eigenvalue weighted by Gasteiger charge is 2.35. The Morgan fingerprint density at radius 1 is 1.10 bits per heavy atom. The second kappa shape index (κ2) is 12.2. The first kappa shape index (κ1) is 27.2. The van der Waals surface area contributed by atoms with E-state index in [1.165, 1.54) is 11.3 Å². The molecule has 0 saturated heterocycles. The molecule has 0 bridgehead atoms. The highest BCUT2D eigenvalue weighted by atomic mass is 32.2. The number of hydrogen-bond acceptors (Lipinski definition) is 8. The van der Waals surface area contributed by atoms with Crippen LogP contribution in [0.15, 0.2) is 99.1 Å². The minimum absolute atomic E-state index is 0.0393. The van der Waals surface area contributed by atoms with Crippen molar-refractivity contribution in [2.45, 2.75) is 17.9 Å². The van der Waals surface area contributed by atoms with Gasteiger partial charge in [0.15, 0.2) is 11.4 Å². The van der Waals surface area contributed by atoms with E-state index < -0.39 is 12.0 Å². The quantitative estimate of drug-likeness (QED) is 0.229. The Balaban J connectivity index is 1.73. The van der Waals surface area contributed by atoms with E-state index in [0.717, 1.165) is 21.6 Å². The van der Waals surface area contributed by atoms with Gasteiger partial charge in [-0.25, -0.2) is 9.79 Å². The number of benzene rings is 3. The third kappa shape index (κ3) is 5.50. The number of carbonyl (C=O) groups excluding carboxylic acids is 1. The second-order valence-corrected chi connectivity index (χ2v) is 10.6. The van der Waals surface area contributed by atoms with Gasteiger partial charge in [0.05, 0.1) is 28.5 Å². The van der Waals surface area contributed by atoms with E-state index in [4.69, 9.17) is 19.7 Å². The third-order valence-electron chi connectivity index (χ3n) is 6.29. The molecule has 1 unspecified atom stereocenters. The predicted octanol–water partition coefficient (Wildman–Crippen LogP) is 4.56. The summed E-state index contributed by atoms with van der Waals surface area (Å²) < 4.78 is 12.9. The van der Waals surface area contributed by atoms with Gasteiger partial charge in [0.1, 0.15) is 11.8 Å². The monoisotopic (exact) mass is 567 g/mol. The summed E-state index contributed by atoms with van der Waals surface area (Å²) in [5, 5.41) is 8.73. The summed E-state index contributed by atoms with van der Waals surface area (Å²) in [5.41, 5.74) is 2.91. The van der Waals surface area contributed by atoms with Crippen LogP contribution in [-0.4, -0.2) is 30.0 Å². The Labute approximate surface area is 239 Å². The molecule has 5 rings (SSSR count). The predicted molar refractivity (Wildman–Crippen MR) is 157 cm³/mol. The van der Waals surface area contributed by atoms with Gasteiger partial charge in [0.2, 0.25) is 0 Å². The van der Waals surface area contributed by atoms with Crippen molar-refractivity contribution in [2.75, 3.05) is 19.5 Å². The third-order valence-corrected chi connectivity index (χ3v) is 8.01. The van der Waals surface area contributed by atoms with Crippen molar-refractivity contribution < 1.29 is 14.3 Å². The molecule has 0 aliphatic carbocycles. The molecule has 2 heterocycles. The van der Waals surface area contributed by atoms with Gasteiger partial charge in [0, 0.05) is 10.5 Å². The highest BCUT2D eigenvalue weighted by Crippen LogP contribution is 2.35. The number of thiazole rings is 1. The van der Waals surface area contributed by atoms with Crippen LogP contribution < -0.4 is 19.6 Å². The van der Waals surface area contributed by atoms with E-state index in [0.29, 0.717) is 26.4 Å². The van der Waals surface area contributed by atoms with Crippen molar-refractivity contribution in [3.8, 4) is 11.8 Å². The maximum atomic E-state index is 13.9. The van der Waals surface area contributed by atoms with Crippen LogP contribution in [0, 0.1) is 11.3 Å². The molecular weight excluding hydrogens is 542 g/mol. The van der Waals surface area contributed by atoms with Crippen molar-refractivity contribution in [3.63, 3.8) is 0 Å². The van der Waals surface area contributed by atoms with Gasteiger partial charge < -0.3 is 9.47 Å². The Morgan fingerprint density at radius 3 is 2.48 bits per heavy atom. The van der Waals surface area contributed by atoms with E-state index in [1.807, 2.05) is 79.1 Å². The van der Waals surface area contributed by atoms with Crippen LogP contribution in [-0.2, 0) is 9.53 Å². The van der Waals surface area contributed by atoms with Crippen LogP contribution in [0.25, 0.3) is 11.8 Å². The fourth-order valence-corrected chi connectivity index (χ4v) is 5.88. The first-order valence-electron chi connectivity index (χ1n) is 12.6. The lowest BCUT2D eigenvalue weighted by Crippen LogP contribution is -2.40. The van der Waals surface area contributed by atoms with Gasteiger partial charge >= 0.3 is 5.97 Å². The van der Waals surface area contributed by atoms with Crippen molar-refractivity contribution >= 4 is 40.8 Å². The molecular formula is C31H25N3O4S2. The molecule has 200 valence electrons. The standard InChI is InChI=1S/C31H25N3O4S2/c1-3-37-30(36)26-27(21-7-5-4-6-8-21)33-31-34(28(26)22-11-15-24(39-2)16-12-22)29(35)25(40-31)19-20-9-13-23(14-10-20)38-18-17-32/h4-16,19,28H,3,18H2,1-2H3/b25-19+. The number of esters is 1. The van der Waals surface area contributed by atoms with Gasteiger partial charge in [-0.3, -0.25) is 9.36 Å². The number of nitriles is 1. The minimum atomic E-state index is -0.717. The van der Waals surface area contributed by atoms with E-state index in [2.05, 4.69) is 0 Å². The fraction of sp³-hybridized carbons (Fsp3) is 0.161. The van der Waals surface area contributed by atoms with Crippen LogP contribution in [0.3, 0.4) is 0 Å². The zero-order valence-electron chi connectivity index (χ0n) is 21.9. The largest absolute Gasteiger partial charge is 0.479 e. The smallest absolute Gasteiger partial charge is 0.338 e. The molecule has 1 aliphatic heterocycles. The summed E-state index contributed by atoms with van der Waals surface area (Å²) in [6.07, 6.45) is 3.79. The van der Waals surface area contributed by atoms with Crippen LogP contribution in [0.4, 0.5) is 0 Å². The van der Waals surface area contributed by atoms with Crippen LogP contribution in [0.1, 0.15) is 29.7 Å². The number of nitrogens with zero attached hydrogens (tertiary/aromatic N) is 3. The van der Waals surface area contributed by atoms with Crippen LogP contribution in [0.5, 0.6) is 5.75 Å². The first-order valence-corrected chi connectivity index (χ1v) is 14.6. The molecule has 0 fully saturated rings. The van der Waals surface area contributed by atoms with Gasteiger partial charge in [-0.1, -0.05) is 65.9 Å². The lowest BCUT2D eigenvalue weighted by molar-refractivity contribution is -0.138. The maximum Gasteiger partial charge on any atom is 0.338 e. The number of ether oxygens (including phenoxy) is 2. The zero-order valence-corrected chi connectivity index (χ0v) is 23.5. The molecule has 0 N–H and O–H groups in total. The number of rotatable bonds is 8. The van der Waals surface area contributed by atoms with Crippen molar-refractivity contribution in [1.29, 1.82) is 5.26 Å². The van der Waals surface area contributed by atoms with E-state index in [1.54, 1.807) is 41.5 Å². The lowest BCUT2D eigenvalue weighted by atomic mass is 9.93. The molecule has 40 heavy (non-hydrogen) atoms. The number of fused-ring (bicyclic) bond motifs is 1.